The van der Waals surface area contributed by atoms with Crippen molar-refractivity contribution in [2.75, 3.05) is 12.4 Å². The molecule has 0 saturated heterocycles. The summed E-state index contributed by atoms with van der Waals surface area (Å²) in [5.74, 6) is 0.543. The normalized spacial score (nSPS) is 13.3. The van der Waals surface area contributed by atoms with Gasteiger partial charge in [-0.2, -0.15) is 0 Å². The zero-order valence-electron chi connectivity index (χ0n) is 11.1. The van der Waals surface area contributed by atoms with Gasteiger partial charge in [0.2, 0.25) is 10.0 Å². The number of anilines is 1. The summed E-state index contributed by atoms with van der Waals surface area (Å²) in [4.78, 5) is 4.25. The van der Waals surface area contributed by atoms with E-state index in [9.17, 15) is 8.42 Å². The van der Waals surface area contributed by atoms with Gasteiger partial charge in [-0.1, -0.05) is 20.3 Å². The first-order valence-corrected chi connectivity index (χ1v) is 7.68. The van der Waals surface area contributed by atoms with Crippen LogP contribution in [0.3, 0.4) is 0 Å². The summed E-state index contributed by atoms with van der Waals surface area (Å²) >= 11 is 0. The lowest BCUT2D eigenvalue weighted by Crippen LogP contribution is -2.34. The highest BCUT2D eigenvalue weighted by molar-refractivity contribution is 7.89. The van der Waals surface area contributed by atoms with Gasteiger partial charge in [0.1, 0.15) is 5.82 Å². The summed E-state index contributed by atoms with van der Waals surface area (Å²) in [6.07, 6.45) is 4.08. The lowest BCUT2D eigenvalue weighted by molar-refractivity contribution is 0.512. The van der Waals surface area contributed by atoms with Crippen LogP contribution in [0.2, 0.25) is 0 Å². The Morgan fingerprint density at radius 1 is 1.39 bits per heavy atom. The second-order valence-electron chi connectivity index (χ2n) is 4.14. The molecule has 0 aromatic carbocycles. The topological polar surface area (TPSA) is 71.1 Å². The van der Waals surface area contributed by atoms with Crippen LogP contribution in [0.15, 0.2) is 23.2 Å². The minimum absolute atomic E-state index is 0.00815. The minimum atomic E-state index is -3.46. The van der Waals surface area contributed by atoms with Crippen LogP contribution < -0.4 is 10.0 Å². The van der Waals surface area contributed by atoms with E-state index >= 15 is 0 Å². The van der Waals surface area contributed by atoms with Crippen LogP contribution in [-0.2, 0) is 10.0 Å². The van der Waals surface area contributed by atoms with E-state index < -0.39 is 10.0 Å². The molecular formula is C12H21N3O2S. The second kappa shape index (κ2) is 6.70. The van der Waals surface area contributed by atoms with Crippen molar-refractivity contribution in [2.45, 2.75) is 44.0 Å². The van der Waals surface area contributed by atoms with Crippen LogP contribution >= 0.6 is 0 Å². The maximum Gasteiger partial charge on any atom is 0.241 e. The number of pyridine rings is 1. The van der Waals surface area contributed by atoms with Crippen LogP contribution in [0.25, 0.3) is 0 Å². The number of aromatic nitrogens is 1. The van der Waals surface area contributed by atoms with Crippen molar-refractivity contribution in [1.29, 1.82) is 0 Å². The first-order chi connectivity index (χ1) is 8.53. The van der Waals surface area contributed by atoms with E-state index in [1.54, 1.807) is 7.05 Å². The molecule has 0 bridgehead atoms. The Kier molecular flexibility index (Phi) is 5.55. The molecule has 1 aromatic rings. The quantitative estimate of drug-likeness (QED) is 0.795. The Hall–Kier alpha value is -1.14. The molecule has 0 spiro atoms. The number of nitrogens with zero attached hydrogens (tertiary/aromatic N) is 1. The third kappa shape index (κ3) is 3.96. The molecule has 5 nitrogen and oxygen atoms in total. The standard InChI is InChI=1S/C12H21N3O2S/c1-4-6-10(5-2)15-18(16,17)11-7-8-14-12(9-11)13-3/h7-10,15H,4-6H2,1-3H3,(H,13,14). The summed E-state index contributed by atoms with van der Waals surface area (Å²) < 4.78 is 27.1. The van der Waals surface area contributed by atoms with E-state index in [4.69, 9.17) is 0 Å². The highest BCUT2D eigenvalue weighted by Gasteiger charge is 2.18. The van der Waals surface area contributed by atoms with Crippen molar-refractivity contribution in [3.05, 3.63) is 18.3 Å². The predicted molar refractivity (Wildman–Crippen MR) is 73.1 cm³/mol. The van der Waals surface area contributed by atoms with Crippen molar-refractivity contribution in [3.63, 3.8) is 0 Å². The minimum Gasteiger partial charge on any atom is -0.373 e. The van der Waals surface area contributed by atoms with Crippen molar-refractivity contribution >= 4 is 15.8 Å². The maximum absolute atomic E-state index is 12.2. The smallest absolute Gasteiger partial charge is 0.241 e. The molecule has 2 N–H and O–H groups in total. The van der Waals surface area contributed by atoms with Gasteiger partial charge in [-0.25, -0.2) is 18.1 Å². The van der Waals surface area contributed by atoms with Gasteiger partial charge in [-0.15, -0.1) is 0 Å². The Morgan fingerprint density at radius 2 is 2.11 bits per heavy atom. The van der Waals surface area contributed by atoms with E-state index in [-0.39, 0.29) is 10.9 Å². The molecule has 1 unspecified atom stereocenters. The van der Waals surface area contributed by atoms with Crippen molar-refractivity contribution in [3.8, 4) is 0 Å². The summed E-state index contributed by atoms with van der Waals surface area (Å²) in [5, 5.41) is 2.83. The third-order valence-corrected chi connectivity index (χ3v) is 4.27. The summed E-state index contributed by atoms with van der Waals surface area (Å²) in [7, 11) is -1.75. The van der Waals surface area contributed by atoms with Gasteiger partial charge in [-0.05, 0) is 18.9 Å². The fourth-order valence-corrected chi connectivity index (χ4v) is 3.06. The van der Waals surface area contributed by atoms with Crippen LogP contribution in [0.5, 0.6) is 0 Å². The molecule has 0 amide bonds. The summed E-state index contributed by atoms with van der Waals surface area (Å²) in [6, 6.07) is 3.02. The fourth-order valence-electron chi connectivity index (χ4n) is 1.70. The average molecular weight is 271 g/mol. The molecule has 6 heteroatoms. The number of rotatable bonds is 7. The Morgan fingerprint density at radius 3 is 2.67 bits per heavy atom. The SMILES string of the molecule is CCCC(CC)NS(=O)(=O)c1ccnc(NC)c1. The molecular weight excluding hydrogens is 250 g/mol. The highest BCUT2D eigenvalue weighted by atomic mass is 32.2. The second-order valence-corrected chi connectivity index (χ2v) is 5.86. The van der Waals surface area contributed by atoms with Gasteiger partial charge in [0.15, 0.2) is 0 Å². The van der Waals surface area contributed by atoms with Crippen LogP contribution in [0.1, 0.15) is 33.1 Å². The first kappa shape index (κ1) is 14.9. The molecule has 0 saturated carbocycles. The van der Waals surface area contributed by atoms with Gasteiger partial charge in [0, 0.05) is 25.4 Å². The van der Waals surface area contributed by atoms with Crippen LogP contribution in [-0.4, -0.2) is 26.5 Å². The maximum atomic E-state index is 12.2. The average Bonchev–Trinajstić information content (AvgIpc) is 2.38. The molecule has 0 fully saturated rings. The lowest BCUT2D eigenvalue weighted by atomic mass is 10.1. The molecule has 1 rings (SSSR count). The van der Waals surface area contributed by atoms with Crippen molar-refractivity contribution in [2.24, 2.45) is 0 Å². The molecule has 0 aliphatic heterocycles. The Bertz CT molecular complexity index is 474. The molecule has 0 aliphatic carbocycles. The third-order valence-electron chi connectivity index (χ3n) is 2.75. The van der Waals surface area contributed by atoms with Crippen LogP contribution in [0, 0.1) is 0 Å². The zero-order valence-corrected chi connectivity index (χ0v) is 11.9. The van der Waals surface area contributed by atoms with Gasteiger partial charge in [0.25, 0.3) is 0 Å². The largest absolute Gasteiger partial charge is 0.373 e. The summed E-state index contributed by atoms with van der Waals surface area (Å²) in [6.45, 7) is 4.02. The Balaban J connectivity index is 2.91. The number of sulfonamides is 1. The van der Waals surface area contributed by atoms with Gasteiger partial charge < -0.3 is 5.32 Å². The van der Waals surface area contributed by atoms with Gasteiger partial charge >= 0.3 is 0 Å². The first-order valence-electron chi connectivity index (χ1n) is 6.19. The van der Waals surface area contributed by atoms with Crippen molar-refractivity contribution in [1.82, 2.24) is 9.71 Å². The predicted octanol–water partition coefficient (Wildman–Crippen LogP) is 1.98. The van der Waals surface area contributed by atoms with E-state index in [1.807, 2.05) is 13.8 Å². The highest BCUT2D eigenvalue weighted by Crippen LogP contribution is 2.14. The van der Waals surface area contributed by atoms with E-state index in [0.29, 0.717) is 5.82 Å². The zero-order chi connectivity index (χ0) is 13.6. The van der Waals surface area contributed by atoms with Gasteiger partial charge in [0.05, 0.1) is 4.90 Å². The molecule has 1 aromatic heterocycles. The van der Waals surface area contributed by atoms with E-state index in [0.717, 1.165) is 19.3 Å². The van der Waals surface area contributed by atoms with Crippen molar-refractivity contribution < 1.29 is 8.42 Å². The summed E-state index contributed by atoms with van der Waals surface area (Å²) in [5.41, 5.74) is 0. The monoisotopic (exact) mass is 271 g/mol. The molecule has 18 heavy (non-hydrogen) atoms. The Labute approximate surface area is 109 Å². The number of nitrogens with one attached hydrogen (secondary N) is 2. The molecule has 1 atom stereocenters. The molecule has 0 radical (unpaired) electrons. The molecule has 102 valence electrons. The lowest BCUT2D eigenvalue weighted by Gasteiger charge is -2.16. The molecule has 0 aliphatic rings. The number of hydrogen-bond donors (Lipinski definition) is 2. The van der Waals surface area contributed by atoms with E-state index in [2.05, 4.69) is 15.0 Å². The van der Waals surface area contributed by atoms with E-state index in [1.165, 1.54) is 18.3 Å². The molecule has 1 heterocycles. The fraction of sp³-hybridized carbons (Fsp3) is 0.583. The van der Waals surface area contributed by atoms with Gasteiger partial charge in [-0.3, -0.25) is 0 Å². The van der Waals surface area contributed by atoms with Crippen LogP contribution in [0.4, 0.5) is 5.82 Å². The number of hydrogen-bond acceptors (Lipinski definition) is 4.